The normalized spacial score (nSPS) is 13.5. The number of hydrogen-bond donors (Lipinski definition) is 0. The molecule has 0 saturated heterocycles. The van der Waals surface area contributed by atoms with Crippen LogP contribution in [0.25, 0.3) is 10.1 Å². The summed E-state index contributed by atoms with van der Waals surface area (Å²) in [4.78, 5) is 0. The summed E-state index contributed by atoms with van der Waals surface area (Å²) in [5, 5.41) is 1.42. The Morgan fingerprint density at radius 2 is 0.920 bits per heavy atom. The Morgan fingerprint density at radius 3 is 1.32 bits per heavy atom. The van der Waals surface area contributed by atoms with E-state index in [2.05, 4.69) is 12.1 Å². The Balaban J connectivity index is 1.99. The van der Waals surface area contributed by atoms with Crippen LogP contribution in [0.5, 0.6) is 0 Å². The van der Waals surface area contributed by atoms with Gasteiger partial charge in [0, 0.05) is 16.0 Å². The highest BCUT2D eigenvalue weighted by Crippen LogP contribution is 2.31. The lowest BCUT2D eigenvalue weighted by molar-refractivity contribution is 1.09. The van der Waals surface area contributed by atoms with Crippen LogP contribution >= 0.6 is 23.2 Å². The van der Waals surface area contributed by atoms with Gasteiger partial charge in [0.15, 0.2) is 0 Å². The van der Waals surface area contributed by atoms with E-state index in [0.717, 1.165) is 16.7 Å². The molecule has 1 unspecified atom stereocenters. The van der Waals surface area contributed by atoms with E-state index >= 15 is 0 Å². The highest BCUT2D eigenvalue weighted by atomic mass is 35.5. The van der Waals surface area contributed by atoms with Crippen LogP contribution in [0.3, 0.4) is 0 Å². The second kappa shape index (κ2) is 8.71. The van der Waals surface area contributed by atoms with Gasteiger partial charge in [0.05, 0.1) is 0 Å². The van der Waals surface area contributed by atoms with Crippen LogP contribution < -0.4 is 0 Å². The average molecular weight is 365 g/mol. The van der Waals surface area contributed by atoms with Crippen molar-refractivity contribution in [2.45, 2.75) is 5.92 Å². The van der Waals surface area contributed by atoms with Crippen LogP contribution in [0.1, 0.15) is 22.6 Å². The molecule has 3 aromatic rings. The summed E-state index contributed by atoms with van der Waals surface area (Å²) in [6.45, 7) is 0. The molecule has 0 radical (unpaired) electrons. The molecule has 2 heteroatoms. The summed E-state index contributed by atoms with van der Waals surface area (Å²) in [6.07, 6.45) is 4.08. The van der Waals surface area contributed by atoms with Crippen LogP contribution in [0.2, 0.25) is 0 Å². The zero-order chi connectivity index (χ0) is 17.5. The zero-order valence-electron chi connectivity index (χ0n) is 13.6. The van der Waals surface area contributed by atoms with Gasteiger partial charge in [0.1, 0.15) is 0 Å². The lowest BCUT2D eigenvalue weighted by Crippen LogP contribution is -1.93. The fraction of sp³-hybridized carbons (Fsp3) is 0.0435. The molecular weight excluding hydrogens is 347 g/mol. The summed E-state index contributed by atoms with van der Waals surface area (Å²) in [5.74, 6) is -0.0124. The summed E-state index contributed by atoms with van der Waals surface area (Å²) in [7, 11) is 0. The van der Waals surface area contributed by atoms with E-state index in [1.54, 1.807) is 0 Å². The second-order valence-corrected chi connectivity index (χ2v) is 6.51. The van der Waals surface area contributed by atoms with Gasteiger partial charge in [-0.05, 0) is 16.7 Å². The summed E-state index contributed by atoms with van der Waals surface area (Å²) in [6, 6.07) is 30.1. The molecule has 0 saturated carbocycles. The van der Waals surface area contributed by atoms with E-state index < -0.39 is 0 Å². The quantitative estimate of drug-likeness (QED) is 0.444. The first kappa shape index (κ1) is 17.5. The van der Waals surface area contributed by atoms with Gasteiger partial charge < -0.3 is 0 Å². The third-order valence-corrected chi connectivity index (χ3v) is 4.62. The van der Waals surface area contributed by atoms with Gasteiger partial charge in [-0.3, -0.25) is 0 Å². The number of rotatable bonds is 5. The molecule has 3 aromatic carbocycles. The van der Waals surface area contributed by atoms with Crippen molar-refractivity contribution in [2.24, 2.45) is 0 Å². The molecule has 0 aromatic heterocycles. The van der Waals surface area contributed by atoms with Gasteiger partial charge in [0.2, 0.25) is 0 Å². The zero-order valence-corrected chi connectivity index (χ0v) is 15.2. The molecule has 124 valence electrons. The molecule has 0 N–H and O–H groups in total. The van der Waals surface area contributed by atoms with Crippen molar-refractivity contribution in [1.82, 2.24) is 0 Å². The molecule has 0 amide bonds. The average Bonchev–Trinajstić information content (AvgIpc) is 2.69. The lowest BCUT2D eigenvalue weighted by Gasteiger charge is -2.12. The van der Waals surface area contributed by atoms with E-state index in [4.69, 9.17) is 23.2 Å². The first-order valence-corrected chi connectivity index (χ1v) is 8.90. The van der Waals surface area contributed by atoms with Gasteiger partial charge in [-0.15, -0.1) is 0 Å². The molecule has 0 heterocycles. The maximum Gasteiger partial charge on any atom is 0.0447 e. The first-order valence-electron chi connectivity index (χ1n) is 8.14. The summed E-state index contributed by atoms with van der Waals surface area (Å²) < 4.78 is 0. The van der Waals surface area contributed by atoms with Crippen LogP contribution in [0.4, 0.5) is 0 Å². The summed E-state index contributed by atoms with van der Waals surface area (Å²) in [5.41, 5.74) is 3.13. The minimum atomic E-state index is -0.0124. The monoisotopic (exact) mass is 364 g/mol. The highest BCUT2D eigenvalue weighted by molar-refractivity contribution is 6.49. The topological polar surface area (TPSA) is 0 Å². The predicted octanol–water partition coefficient (Wildman–Crippen LogP) is 7.33. The van der Waals surface area contributed by atoms with Crippen molar-refractivity contribution in [3.05, 3.63) is 120 Å². The number of hydrogen-bond acceptors (Lipinski definition) is 0. The van der Waals surface area contributed by atoms with Gasteiger partial charge in [-0.1, -0.05) is 126 Å². The van der Waals surface area contributed by atoms with Crippen LogP contribution in [-0.2, 0) is 0 Å². The second-order valence-electron chi connectivity index (χ2n) is 5.70. The molecule has 0 bridgehead atoms. The third kappa shape index (κ3) is 4.85. The van der Waals surface area contributed by atoms with Crippen molar-refractivity contribution < 1.29 is 0 Å². The van der Waals surface area contributed by atoms with E-state index in [9.17, 15) is 0 Å². The van der Waals surface area contributed by atoms with Gasteiger partial charge >= 0.3 is 0 Å². The number of allylic oxidation sites excluding steroid dienone is 2. The SMILES string of the molecule is Cl/C(=C\C(/C=C(/Cl)c1ccccc1)c1ccccc1)c1ccccc1. The Hall–Kier alpha value is -2.28. The van der Waals surface area contributed by atoms with Crippen molar-refractivity contribution in [2.75, 3.05) is 0 Å². The smallest absolute Gasteiger partial charge is 0.0447 e. The molecule has 1 atom stereocenters. The lowest BCUT2D eigenvalue weighted by atomic mass is 9.96. The maximum absolute atomic E-state index is 6.57. The minimum absolute atomic E-state index is 0.0124. The molecule has 3 rings (SSSR count). The molecule has 0 aliphatic heterocycles. The molecule has 0 aliphatic rings. The Morgan fingerprint density at radius 1 is 0.560 bits per heavy atom. The predicted molar refractivity (Wildman–Crippen MR) is 110 cm³/mol. The van der Waals surface area contributed by atoms with Crippen LogP contribution in [-0.4, -0.2) is 0 Å². The number of halogens is 2. The fourth-order valence-corrected chi connectivity index (χ4v) is 3.14. The highest BCUT2D eigenvalue weighted by Gasteiger charge is 2.10. The largest absolute Gasteiger partial charge is 0.0840 e. The van der Waals surface area contributed by atoms with E-state index in [0.29, 0.717) is 10.1 Å². The summed E-state index contributed by atoms with van der Waals surface area (Å²) >= 11 is 13.1. The number of benzene rings is 3. The standard InChI is InChI=1S/C23H18Cl2/c24-22(19-12-6-2-7-13-19)16-21(18-10-4-1-5-11-18)17-23(25)20-14-8-3-9-15-20/h1-17,21H/b22-16-,23-17+. The van der Waals surface area contributed by atoms with Gasteiger partial charge in [-0.25, -0.2) is 0 Å². The molecule has 0 nitrogen and oxygen atoms in total. The minimum Gasteiger partial charge on any atom is -0.0840 e. The van der Waals surface area contributed by atoms with Crippen LogP contribution in [0, 0.1) is 0 Å². The van der Waals surface area contributed by atoms with Crippen LogP contribution in [0.15, 0.2) is 103 Å². The molecule has 0 spiro atoms. The molecule has 25 heavy (non-hydrogen) atoms. The fourth-order valence-electron chi connectivity index (χ4n) is 2.62. The van der Waals surface area contributed by atoms with E-state index in [1.165, 1.54) is 0 Å². The molecule has 0 aliphatic carbocycles. The Kier molecular flexibility index (Phi) is 6.11. The van der Waals surface area contributed by atoms with Gasteiger partial charge in [-0.2, -0.15) is 0 Å². The third-order valence-electron chi connectivity index (χ3n) is 3.94. The van der Waals surface area contributed by atoms with Crippen molar-refractivity contribution in [3.8, 4) is 0 Å². The van der Waals surface area contributed by atoms with E-state index in [-0.39, 0.29) is 5.92 Å². The molecular formula is C23H18Cl2. The molecule has 0 fully saturated rings. The van der Waals surface area contributed by atoms with Crippen molar-refractivity contribution in [3.63, 3.8) is 0 Å². The van der Waals surface area contributed by atoms with Gasteiger partial charge in [0.25, 0.3) is 0 Å². The Bertz CT molecular complexity index is 795. The Labute approximate surface area is 159 Å². The van der Waals surface area contributed by atoms with E-state index in [1.807, 2.05) is 91.0 Å². The van der Waals surface area contributed by atoms with Crippen molar-refractivity contribution >= 4 is 33.3 Å². The first-order chi connectivity index (χ1) is 12.2. The maximum atomic E-state index is 6.57. The van der Waals surface area contributed by atoms with Crippen molar-refractivity contribution in [1.29, 1.82) is 0 Å².